The van der Waals surface area contributed by atoms with E-state index >= 15 is 0 Å². The molecule has 134 valence electrons. The van der Waals surface area contributed by atoms with Crippen LogP contribution in [0.4, 0.5) is 5.82 Å². The highest BCUT2D eigenvalue weighted by Crippen LogP contribution is 2.09. The van der Waals surface area contributed by atoms with Crippen molar-refractivity contribution in [3.63, 3.8) is 0 Å². The molecule has 0 aliphatic rings. The van der Waals surface area contributed by atoms with Gasteiger partial charge in [-0.25, -0.2) is 14.6 Å². The lowest BCUT2D eigenvalue weighted by Gasteiger charge is -2.04. The van der Waals surface area contributed by atoms with Crippen LogP contribution in [-0.2, 0) is 19.1 Å². The molecule has 0 atom stereocenters. The zero-order chi connectivity index (χ0) is 18.9. The van der Waals surface area contributed by atoms with Crippen LogP contribution in [0.3, 0.4) is 0 Å². The number of esters is 2. The molecule has 2 rings (SSSR count). The minimum absolute atomic E-state index is 0.302. The summed E-state index contributed by atoms with van der Waals surface area (Å²) < 4.78 is 9.43. The van der Waals surface area contributed by atoms with Crippen molar-refractivity contribution >= 4 is 41.3 Å². The summed E-state index contributed by atoms with van der Waals surface area (Å²) in [6, 6.07) is 9.54. The third-order valence-corrected chi connectivity index (χ3v) is 3.31. The van der Waals surface area contributed by atoms with Crippen molar-refractivity contribution in [1.29, 1.82) is 0 Å². The number of ether oxygens (including phenoxy) is 2. The van der Waals surface area contributed by atoms with Crippen molar-refractivity contribution in [2.75, 3.05) is 19.0 Å². The fraction of sp³-hybridized carbons (Fsp3) is 0.111. The Morgan fingerprint density at radius 1 is 1.15 bits per heavy atom. The number of hydrogen-bond acceptors (Lipinski definition) is 6. The summed E-state index contributed by atoms with van der Waals surface area (Å²) in [5.41, 5.74) is 1.09. The molecule has 0 fully saturated rings. The van der Waals surface area contributed by atoms with Gasteiger partial charge in [-0.1, -0.05) is 23.7 Å². The smallest absolute Gasteiger partial charge is 0.337 e. The van der Waals surface area contributed by atoms with Gasteiger partial charge in [0.25, 0.3) is 5.91 Å². The van der Waals surface area contributed by atoms with Gasteiger partial charge in [0.15, 0.2) is 6.61 Å². The second-order valence-electron chi connectivity index (χ2n) is 4.96. The number of rotatable bonds is 6. The lowest BCUT2D eigenvalue weighted by molar-refractivity contribution is -0.142. The Labute approximate surface area is 154 Å². The van der Waals surface area contributed by atoms with Gasteiger partial charge in [0.05, 0.1) is 17.7 Å². The zero-order valence-corrected chi connectivity index (χ0v) is 14.5. The first-order chi connectivity index (χ1) is 12.5. The SMILES string of the molecule is COC(=O)c1ccc(/C=C/C(=O)OCC(=O)Nc2ccc(Cl)cn2)cc1. The number of hydrogen-bond donors (Lipinski definition) is 1. The molecule has 0 spiro atoms. The first-order valence-electron chi connectivity index (χ1n) is 7.42. The highest BCUT2D eigenvalue weighted by atomic mass is 35.5. The van der Waals surface area contributed by atoms with Gasteiger partial charge >= 0.3 is 11.9 Å². The van der Waals surface area contributed by atoms with Crippen LogP contribution in [0.25, 0.3) is 6.08 Å². The second kappa shape index (κ2) is 9.33. The highest BCUT2D eigenvalue weighted by molar-refractivity contribution is 6.30. The van der Waals surface area contributed by atoms with Crippen LogP contribution in [0.1, 0.15) is 15.9 Å². The molecule has 1 amide bonds. The van der Waals surface area contributed by atoms with E-state index in [0.717, 1.165) is 0 Å². The number of carbonyl (C=O) groups is 3. The first kappa shape index (κ1) is 19.1. The molecular formula is C18H15ClN2O5. The monoisotopic (exact) mass is 374 g/mol. The van der Waals surface area contributed by atoms with E-state index in [1.807, 2.05) is 0 Å². The minimum Gasteiger partial charge on any atom is -0.465 e. The van der Waals surface area contributed by atoms with Crippen molar-refractivity contribution in [3.8, 4) is 0 Å². The van der Waals surface area contributed by atoms with Crippen LogP contribution in [0.2, 0.25) is 5.02 Å². The van der Waals surface area contributed by atoms with E-state index in [2.05, 4.69) is 15.0 Å². The Hall–Kier alpha value is -3.19. The number of nitrogens with zero attached hydrogens (tertiary/aromatic N) is 1. The maximum Gasteiger partial charge on any atom is 0.337 e. The van der Waals surface area contributed by atoms with E-state index in [1.165, 1.54) is 31.5 Å². The summed E-state index contributed by atoms with van der Waals surface area (Å²) in [7, 11) is 1.30. The number of amides is 1. The zero-order valence-electron chi connectivity index (χ0n) is 13.8. The van der Waals surface area contributed by atoms with Gasteiger partial charge in [-0.3, -0.25) is 4.79 Å². The van der Waals surface area contributed by atoms with Crippen LogP contribution >= 0.6 is 11.6 Å². The van der Waals surface area contributed by atoms with E-state index in [4.69, 9.17) is 16.3 Å². The van der Waals surface area contributed by atoms with Gasteiger partial charge in [-0.2, -0.15) is 0 Å². The summed E-state index contributed by atoms with van der Waals surface area (Å²) in [5.74, 6) is -1.34. The Bertz CT molecular complexity index is 816. The number of methoxy groups -OCH3 is 1. The highest BCUT2D eigenvalue weighted by Gasteiger charge is 2.07. The molecule has 2 aromatic rings. The van der Waals surface area contributed by atoms with Crippen molar-refractivity contribution in [1.82, 2.24) is 4.98 Å². The van der Waals surface area contributed by atoms with Crippen molar-refractivity contribution in [2.45, 2.75) is 0 Å². The molecule has 8 heteroatoms. The second-order valence-corrected chi connectivity index (χ2v) is 5.40. The van der Waals surface area contributed by atoms with Crippen LogP contribution in [0, 0.1) is 0 Å². The maximum absolute atomic E-state index is 11.7. The first-order valence-corrected chi connectivity index (χ1v) is 7.80. The molecule has 7 nitrogen and oxygen atoms in total. The van der Waals surface area contributed by atoms with Crippen LogP contribution in [0.5, 0.6) is 0 Å². The average molecular weight is 375 g/mol. The van der Waals surface area contributed by atoms with Crippen molar-refractivity contribution < 1.29 is 23.9 Å². The number of halogens is 1. The molecule has 0 unspecified atom stereocenters. The average Bonchev–Trinajstić information content (AvgIpc) is 2.66. The van der Waals surface area contributed by atoms with E-state index in [9.17, 15) is 14.4 Å². The van der Waals surface area contributed by atoms with Crippen LogP contribution in [-0.4, -0.2) is 36.5 Å². The molecule has 0 saturated heterocycles. The number of anilines is 1. The van der Waals surface area contributed by atoms with E-state index in [1.54, 1.807) is 30.3 Å². The third kappa shape index (κ3) is 6.03. The Kier molecular flexibility index (Phi) is 6.87. The van der Waals surface area contributed by atoms with Gasteiger partial charge in [0.2, 0.25) is 0 Å². The predicted octanol–water partition coefficient (Wildman–Crippen LogP) is 2.72. The molecule has 0 aliphatic carbocycles. The molecular weight excluding hydrogens is 360 g/mol. The fourth-order valence-corrected chi connectivity index (χ4v) is 1.94. The summed E-state index contributed by atoms with van der Waals surface area (Å²) >= 11 is 5.69. The van der Waals surface area contributed by atoms with Gasteiger partial charge in [-0.05, 0) is 35.9 Å². The largest absolute Gasteiger partial charge is 0.465 e. The molecule has 1 aromatic carbocycles. The Morgan fingerprint density at radius 2 is 1.88 bits per heavy atom. The van der Waals surface area contributed by atoms with Gasteiger partial charge in [-0.15, -0.1) is 0 Å². The molecule has 1 N–H and O–H groups in total. The summed E-state index contributed by atoms with van der Waals surface area (Å²) in [6.45, 7) is -0.450. The topological polar surface area (TPSA) is 94.6 Å². The summed E-state index contributed by atoms with van der Waals surface area (Å²) in [6.07, 6.45) is 4.07. The summed E-state index contributed by atoms with van der Waals surface area (Å²) in [4.78, 5) is 38.5. The maximum atomic E-state index is 11.7. The quantitative estimate of drug-likeness (QED) is 0.617. The normalized spacial score (nSPS) is 10.4. The lowest BCUT2D eigenvalue weighted by atomic mass is 10.1. The molecule has 0 aliphatic heterocycles. The summed E-state index contributed by atoms with van der Waals surface area (Å²) in [5, 5.41) is 2.91. The Morgan fingerprint density at radius 3 is 2.50 bits per heavy atom. The fourth-order valence-electron chi connectivity index (χ4n) is 1.83. The van der Waals surface area contributed by atoms with Crippen molar-refractivity contribution in [3.05, 3.63) is 64.8 Å². The predicted molar refractivity (Wildman–Crippen MR) is 95.7 cm³/mol. The van der Waals surface area contributed by atoms with Crippen LogP contribution in [0.15, 0.2) is 48.7 Å². The van der Waals surface area contributed by atoms with E-state index < -0.39 is 24.5 Å². The van der Waals surface area contributed by atoms with Crippen LogP contribution < -0.4 is 5.32 Å². The van der Waals surface area contributed by atoms with Crippen molar-refractivity contribution in [2.24, 2.45) is 0 Å². The molecule has 0 bridgehead atoms. The number of nitrogens with one attached hydrogen (secondary N) is 1. The standard InChI is InChI=1S/C18H15ClN2O5/c1-25-18(24)13-5-2-12(3-6-13)4-9-17(23)26-11-16(22)21-15-8-7-14(19)10-20-15/h2-10H,11H2,1H3,(H,20,21,22)/b9-4+. The molecule has 26 heavy (non-hydrogen) atoms. The van der Waals surface area contributed by atoms with E-state index in [0.29, 0.717) is 22.0 Å². The lowest BCUT2D eigenvalue weighted by Crippen LogP contribution is -2.20. The number of aromatic nitrogens is 1. The molecule has 1 aromatic heterocycles. The molecule has 1 heterocycles. The Balaban J connectivity index is 1.80. The molecule has 0 saturated carbocycles. The van der Waals surface area contributed by atoms with Gasteiger partial charge < -0.3 is 14.8 Å². The minimum atomic E-state index is -0.679. The van der Waals surface area contributed by atoms with Gasteiger partial charge in [0.1, 0.15) is 5.82 Å². The van der Waals surface area contributed by atoms with Gasteiger partial charge in [0, 0.05) is 12.3 Å². The number of benzene rings is 1. The molecule has 0 radical (unpaired) electrons. The number of pyridine rings is 1. The number of carbonyl (C=O) groups excluding carboxylic acids is 3. The third-order valence-electron chi connectivity index (χ3n) is 3.08. The van der Waals surface area contributed by atoms with E-state index in [-0.39, 0.29) is 0 Å².